The van der Waals surface area contributed by atoms with Gasteiger partial charge in [0.2, 0.25) is 0 Å². The van der Waals surface area contributed by atoms with Crippen LogP contribution in [0.1, 0.15) is 44.7 Å². The maximum absolute atomic E-state index is 4.60. The highest BCUT2D eigenvalue weighted by Crippen LogP contribution is 2.23. The Morgan fingerprint density at radius 2 is 2.05 bits per heavy atom. The van der Waals surface area contributed by atoms with Gasteiger partial charge in [-0.1, -0.05) is 13.8 Å². The number of aromatic nitrogens is 1. The van der Waals surface area contributed by atoms with Crippen molar-refractivity contribution in [2.75, 3.05) is 38.6 Å². The molecule has 3 nitrogen and oxygen atoms in total. The molecule has 1 aliphatic heterocycles. The summed E-state index contributed by atoms with van der Waals surface area (Å²) in [5, 5.41) is 0. The highest BCUT2D eigenvalue weighted by atomic mass is 15.1. The number of nitrogens with zero attached hydrogens (tertiary/aromatic N) is 3. The van der Waals surface area contributed by atoms with E-state index in [0.717, 1.165) is 5.92 Å². The van der Waals surface area contributed by atoms with Crippen molar-refractivity contribution in [3.63, 3.8) is 0 Å². The Bertz CT molecular complexity index is 397. The summed E-state index contributed by atoms with van der Waals surface area (Å²) in [6, 6.07) is 4.43. The van der Waals surface area contributed by atoms with E-state index < -0.39 is 0 Å². The summed E-state index contributed by atoms with van der Waals surface area (Å²) in [6.07, 6.45) is 6.00. The van der Waals surface area contributed by atoms with Crippen molar-refractivity contribution in [1.82, 2.24) is 9.88 Å². The van der Waals surface area contributed by atoms with Gasteiger partial charge in [0.15, 0.2) is 0 Å². The number of anilines is 1. The van der Waals surface area contributed by atoms with Crippen LogP contribution in [0.2, 0.25) is 0 Å². The van der Waals surface area contributed by atoms with E-state index >= 15 is 0 Å². The summed E-state index contributed by atoms with van der Waals surface area (Å²) in [6.45, 7) is 7.95. The standard InChI is InChI=1S/C17H29N3/c1-14(2)17-8-7-16(12-18-17)20-10-5-6-15(9-11-20)13-19(3)4/h7-8,12,14-15H,5-6,9-11,13H2,1-4H3. The maximum atomic E-state index is 4.60. The number of rotatable bonds is 4. The van der Waals surface area contributed by atoms with Crippen molar-refractivity contribution >= 4 is 5.69 Å². The molecule has 112 valence electrons. The molecule has 3 heteroatoms. The molecule has 1 aromatic heterocycles. The number of pyridine rings is 1. The molecule has 0 saturated carbocycles. The molecular formula is C17H29N3. The summed E-state index contributed by atoms with van der Waals surface area (Å²) in [5.74, 6) is 1.36. The largest absolute Gasteiger partial charge is 0.370 e. The quantitative estimate of drug-likeness (QED) is 0.840. The minimum atomic E-state index is 0.512. The molecule has 0 radical (unpaired) electrons. The van der Waals surface area contributed by atoms with E-state index in [1.165, 1.54) is 50.3 Å². The third-order valence-corrected chi connectivity index (χ3v) is 4.20. The summed E-state index contributed by atoms with van der Waals surface area (Å²) in [7, 11) is 4.36. The normalized spacial score (nSPS) is 20.5. The predicted octanol–water partition coefficient (Wildman–Crippen LogP) is 3.37. The third-order valence-electron chi connectivity index (χ3n) is 4.20. The van der Waals surface area contributed by atoms with Crippen LogP contribution in [0.4, 0.5) is 5.69 Å². The molecule has 2 heterocycles. The molecule has 0 aliphatic carbocycles. The average molecular weight is 275 g/mol. The number of hydrogen-bond donors (Lipinski definition) is 0. The lowest BCUT2D eigenvalue weighted by molar-refractivity contribution is 0.307. The van der Waals surface area contributed by atoms with Gasteiger partial charge in [0.25, 0.3) is 0 Å². The lowest BCUT2D eigenvalue weighted by Crippen LogP contribution is -2.26. The third kappa shape index (κ3) is 4.20. The van der Waals surface area contributed by atoms with E-state index in [4.69, 9.17) is 0 Å². The van der Waals surface area contributed by atoms with Crippen LogP contribution in [0.25, 0.3) is 0 Å². The van der Waals surface area contributed by atoms with E-state index in [1.54, 1.807) is 0 Å². The van der Waals surface area contributed by atoms with Crippen LogP contribution in [-0.2, 0) is 0 Å². The molecule has 1 aliphatic rings. The van der Waals surface area contributed by atoms with Gasteiger partial charge in [-0.3, -0.25) is 4.98 Å². The second-order valence-corrected chi connectivity index (χ2v) is 6.64. The maximum Gasteiger partial charge on any atom is 0.0552 e. The monoisotopic (exact) mass is 275 g/mol. The molecule has 1 atom stereocenters. The van der Waals surface area contributed by atoms with Crippen LogP contribution in [-0.4, -0.2) is 43.6 Å². The molecule has 0 N–H and O–H groups in total. The van der Waals surface area contributed by atoms with Gasteiger partial charge in [-0.2, -0.15) is 0 Å². The minimum Gasteiger partial charge on any atom is -0.370 e. The smallest absolute Gasteiger partial charge is 0.0552 e. The number of hydrogen-bond acceptors (Lipinski definition) is 3. The van der Waals surface area contributed by atoms with Gasteiger partial charge in [0, 0.05) is 25.3 Å². The lowest BCUT2D eigenvalue weighted by atomic mass is 10.0. The molecule has 2 rings (SSSR count). The minimum absolute atomic E-state index is 0.512. The Morgan fingerprint density at radius 1 is 1.25 bits per heavy atom. The molecule has 1 saturated heterocycles. The molecular weight excluding hydrogens is 246 g/mol. The van der Waals surface area contributed by atoms with E-state index in [-0.39, 0.29) is 0 Å². The van der Waals surface area contributed by atoms with Gasteiger partial charge in [0.1, 0.15) is 0 Å². The van der Waals surface area contributed by atoms with Crippen LogP contribution in [0.3, 0.4) is 0 Å². The van der Waals surface area contributed by atoms with Crippen LogP contribution in [0, 0.1) is 5.92 Å². The van der Waals surface area contributed by atoms with Crippen molar-refractivity contribution in [3.8, 4) is 0 Å². The van der Waals surface area contributed by atoms with Crippen molar-refractivity contribution in [1.29, 1.82) is 0 Å². The van der Waals surface area contributed by atoms with E-state index in [9.17, 15) is 0 Å². The SMILES string of the molecule is CC(C)c1ccc(N2CCCC(CN(C)C)CC2)cn1. The zero-order chi connectivity index (χ0) is 14.5. The van der Waals surface area contributed by atoms with E-state index in [1.807, 2.05) is 0 Å². The first-order chi connectivity index (χ1) is 9.56. The molecule has 1 aromatic rings. The summed E-state index contributed by atoms with van der Waals surface area (Å²) in [4.78, 5) is 9.43. The molecule has 0 spiro atoms. The van der Waals surface area contributed by atoms with Crippen LogP contribution >= 0.6 is 0 Å². The summed E-state index contributed by atoms with van der Waals surface area (Å²) >= 11 is 0. The Kier molecular flexibility index (Phi) is 5.41. The Labute approximate surface area is 124 Å². The Hall–Kier alpha value is -1.09. The molecule has 0 bridgehead atoms. The fraction of sp³-hybridized carbons (Fsp3) is 0.706. The fourth-order valence-corrected chi connectivity index (χ4v) is 3.05. The zero-order valence-electron chi connectivity index (χ0n) is 13.5. The molecule has 0 amide bonds. The van der Waals surface area contributed by atoms with E-state index in [2.05, 4.69) is 61.1 Å². The Morgan fingerprint density at radius 3 is 2.65 bits per heavy atom. The molecule has 20 heavy (non-hydrogen) atoms. The van der Waals surface area contributed by atoms with Crippen molar-refractivity contribution < 1.29 is 0 Å². The molecule has 1 fully saturated rings. The Balaban J connectivity index is 1.96. The first-order valence-electron chi connectivity index (χ1n) is 7.92. The van der Waals surface area contributed by atoms with Gasteiger partial charge >= 0.3 is 0 Å². The fourth-order valence-electron chi connectivity index (χ4n) is 3.05. The summed E-state index contributed by atoms with van der Waals surface area (Å²) < 4.78 is 0. The van der Waals surface area contributed by atoms with Crippen molar-refractivity contribution in [2.45, 2.75) is 39.0 Å². The first-order valence-corrected chi connectivity index (χ1v) is 7.92. The zero-order valence-corrected chi connectivity index (χ0v) is 13.5. The highest BCUT2D eigenvalue weighted by Gasteiger charge is 2.18. The van der Waals surface area contributed by atoms with Crippen molar-refractivity contribution in [2.24, 2.45) is 5.92 Å². The van der Waals surface area contributed by atoms with Gasteiger partial charge in [-0.05, 0) is 57.3 Å². The second-order valence-electron chi connectivity index (χ2n) is 6.64. The van der Waals surface area contributed by atoms with E-state index in [0.29, 0.717) is 5.92 Å². The van der Waals surface area contributed by atoms with Gasteiger partial charge in [-0.15, -0.1) is 0 Å². The van der Waals surface area contributed by atoms with Crippen LogP contribution in [0.15, 0.2) is 18.3 Å². The van der Waals surface area contributed by atoms with Gasteiger partial charge in [0.05, 0.1) is 11.9 Å². The van der Waals surface area contributed by atoms with Gasteiger partial charge in [-0.25, -0.2) is 0 Å². The van der Waals surface area contributed by atoms with Crippen molar-refractivity contribution in [3.05, 3.63) is 24.0 Å². The summed E-state index contributed by atoms with van der Waals surface area (Å²) in [5.41, 5.74) is 2.48. The first kappa shape index (κ1) is 15.3. The van der Waals surface area contributed by atoms with Crippen LogP contribution in [0.5, 0.6) is 0 Å². The average Bonchev–Trinajstić information content (AvgIpc) is 2.64. The van der Waals surface area contributed by atoms with Crippen LogP contribution < -0.4 is 4.90 Å². The highest BCUT2D eigenvalue weighted by molar-refractivity contribution is 5.44. The topological polar surface area (TPSA) is 19.4 Å². The lowest BCUT2D eigenvalue weighted by Gasteiger charge is -2.23. The predicted molar refractivity (Wildman–Crippen MR) is 86.4 cm³/mol. The molecule has 0 aromatic carbocycles. The van der Waals surface area contributed by atoms with Gasteiger partial charge < -0.3 is 9.80 Å². The second kappa shape index (κ2) is 7.07. The molecule has 1 unspecified atom stereocenters.